The summed E-state index contributed by atoms with van der Waals surface area (Å²) in [6.45, 7) is 5.69. The SMILES string of the molecule is CCc1ccc(S(=O)(=O)c2cc(S(=O)(=O)c3ccc(CC)cc3)c(CC)cc2O)cc1. The van der Waals surface area contributed by atoms with E-state index in [4.69, 9.17) is 0 Å². The van der Waals surface area contributed by atoms with Crippen molar-refractivity contribution >= 4 is 19.7 Å². The van der Waals surface area contributed by atoms with E-state index >= 15 is 0 Å². The lowest BCUT2D eigenvalue weighted by Gasteiger charge is -2.14. The number of hydrogen-bond donors (Lipinski definition) is 1. The molecule has 164 valence electrons. The second kappa shape index (κ2) is 8.85. The van der Waals surface area contributed by atoms with Gasteiger partial charge in [-0.2, -0.15) is 0 Å². The molecule has 0 aliphatic heterocycles. The Balaban J connectivity index is 2.19. The fourth-order valence-corrected chi connectivity index (χ4v) is 6.40. The van der Waals surface area contributed by atoms with E-state index < -0.39 is 30.3 Å². The topological polar surface area (TPSA) is 88.5 Å². The van der Waals surface area contributed by atoms with Crippen molar-refractivity contribution in [3.8, 4) is 5.75 Å². The maximum Gasteiger partial charge on any atom is 0.210 e. The minimum atomic E-state index is -4.11. The van der Waals surface area contributed by atoms with Gasteiger partial charge in [0, 0.05) is 0 Å². The second-order valence-corrected chi connectivity index (χ2v) is 11.1. The summed E-state index contributed by atoms with van der Waals surface area (Å²) in [6.07, 6.45) is 1.86. The van der Waals surface area contributed by atoms with Gasteiger partial charge in [0.05, 0.1) is 14.7 Å². The third-order valence-corrected chi connectivity index (χ3v) is 9.04. The van der Waals surface area contributed by atoms with Gasteiger partial charge in [-0.15, -0.1) is 0 Å². The first-order chi connectivity index (χ1) is 14.6. The highest BCUT2D eigenvalue weighted by molar-refractivity contribution is 7.92. The zero-order chi connectivity index (χ0) is 22.8. The summed E-state index contributed by atoms with van der Waals surface area (Å²) in [6, 6.07) is 15.2. The number of sulfone groups is 2. The number of hydrogen-bond acceptors (Lipinski definition) is 5. The van der Waals surface area contributed by atoms with Crippen LogP contribution in [0.15, 0.2) is 80.2 Å². The van der Waals surface area contributed by atoms with Crippen molar-refractivity contribution in [2.24, 2.45) is 0 Å². The van der Waals surface area contributed by atoms with E-state index in [0.717, 1.165) is 30.0 Å². The van der Waals surface area contributed by atoms with Gasteiger partial charge in [-0.3, -0.25) is 0 Å². The molecule has 31 heavy (non-hydrogen) atoms. The molecular formula is C24H26O5S2. The highest BCUT2D eigenvalue weighted by Crippen LogP contribution is 2.35. The van der Waals surface area contributed by atoms with Crippen LogP contribution in [-0.4, -0.2) is 21.9 Å². The molecule has 0 aliphatic rings. The fourth-order valence-electron chi connectivity index (χ4n) is 3.40. The van der Waals surface area contributed by atoms with Gasteiger partial charge in [0.25, 0.3) is 0 Å². The maximum absolute atomic E-state index is 13.3. The molecule has 5 nitrogen and oxygen atoms in total. The van der Waals surface area contributed by atoms with Gasteiger partial charge in [0.15, 0.2) is 0 Å². The summed E-state index contributed by atoms with van der Waals surface area (Å²) < 4.78 is 53.1. The van der Waals surface area contributed by atoms with Crippen molar-refractivity contribution in [1.29, 1.82) is 0 Å². The monoisotopic (exact) mass is 458 g/mol. The molecule has 7 heteroatoms. The number of benzene rings is 3. The largest absolute Gasteiger partial charge is 0.507 e. The van der Waals surface area contributed by atoms with Gasteiger partial charge in [0.2, 0.25) is 19.7 Å². The van der Waals surface area contributed by atoms with Crippen molar-refractivity contribution in [3.05, 3.63) is 77.4 Å². The standard InChI is InChI=1S/C24H26O5S2/c1-4-17-7-11-20(12-8-17)30(26,27)23-16-24(22(25)15-19(23)6-3)31(28,29)21-13-9-18(5-2)10-14-21/h7-16,25H,4-6H2,1-3H3. The number of aromatic hydroxyl groups is 1. The van der Waals surface area contributed by atoms with Crippen LogP contribution in [0.3, 0.4) is 0 Å². The van der Waals surface area contributed by atoms with Gasteiger partial charge < -0.3 is 5.11 Å². The first-order valence-electron chi connectivity index (χ1n) is 10.2. The third-order valence-electron chi connectivity index (χ3n) is 5.39. The van der Waals surface area contributed by atoms with Crippen molar-refractivity contribution in [2.45, 2.75) is 59.6 Å². The second-order valence-electron chi connectivity index (χ2n) is 7.28. The van der Waals surface area contributed by atoms with Crippen molar-refractivity contribution in [2.75, 3.05) is 0 Å². The van der Waals surface area contributed by atoms with Crippen LogP contribution < -0.4 is 0 Å². The molecule has 3 aromatic rings. The average Bonchev–Trinajstić information content (AvgIpc) is 2.78. The Hall–Kier alpha value is -2.64. The fraction of sp³-hybridized carbons (Fsp3) is 0.250. The molecule has 0 fully saturated rings. The Bertz CT molecular complexity index is 1290. The van der Waals surface area contributed by atoms with E-state index in [2.05, 4.69) is 0 Å². The lowest BCUT2D eigenvalue weighted by molar-refractivity contribution is 0.456. The van der Waals surface area contributed by atoms with Crippen molar-refractivity contribution < 1.29 is 21.9 Å². The number of phenolic OH excluding ortho intramolecular Hbond substituents is 1. The molecule has 3 aromatic carbocycles. The van der Waals surface area contributed by atoms with Crippen LogP contribution in [0.4, 0.5) is 0 Å². The lowest BCUT2D eigenvalue weighted by Crippen LogP contribution is -2.09. The number of rotatable bonds is 7. The maximum atomic E-state index is 13.3. The van der Waals surface area contributed by atoms with Crippen molar-refractivity contribution in [1.82, 2.24) is 0 Å². The highest BCUT2D eigenvalue weighted by atomic mass is 32.2. The van der Waals surface area contributed by atoms with E-state index in [0.29, 0.717) is 12.0 Å². The molecule has 0 atom stereocenters. The Morgan fingerprint density at radius 2 is 1.03 bits per heavy atom. The zero-order valence-corrected chi connectivity index (χ0v) is 19.4. The highest BCUT2D eigenvalue weighted by Gasteiger charge is 2.28. The van der Waals surface area contributed by atoms with Crippen LogP contribution in [0, 0.1) is 0 Å². The number of aryl methyl sites for hydroxylation is 3. The van der Waals surface area contributed by atoms with Crippen LogP contribution in [0.5, 0.6) is 5.75 Å². The molecule has 0 bridgehead atoms. The molecule has 0 unspecified atom stereocenters. The summed E-state index contributed by atoms with van der Waals surface area (Å²) in [5.41, 5.74) is 2.33. The smallest absolute Gasteiger partial charge is 0.210 e. The van der Waals surface area contributed by atoms with Crippen LogP contribution in [0.25, 0.3) is 0 Å². The molecule has 0 radical (unpaired) electrons. The van der Waals surface area contributed by atoms with Crippen molar-refractivity contribution in [3.63, 3.8) is 0 Å². The Labute approximate surface area is 184 Å². The summed E-state index contributed by atoms with van der Waals surface area (Å²) in [7, 11) is -8.08. The zero-order valence-electron chi connectivity index (χ0n) is 17.8. The Kier molecular flexibility index (Phi) is 6.57. The van der Waals surface area contributed by atoms with Gasteiger partial charge in [-0.1, -0.05) is 45.0 Å². The van der Waals surface area contributed by atoms with Crippen LogP contribution in [0.1, 0.15) is 37.5 Å². The quantitative estimate of drug-likeness (QED) is 0.552. The molecular weight excluding hydrogens is 432 g/mol. The van der Waals surface area contributed by atoms with Gasteiger partial charge >= 0.3 is 0 Å². The molecule has 0 aromatic heterocycles. The molecule has 0 spiro atoms. The van der Waals surface area contributed by atoms with Gasteiger partial charge in [0.1, 0.15) is 10.6 Å². The molecule has 0 heterocycles. The molecule has 0 amide bonds. The predicted molar refractivity (Wildman–Crippen MR) is 120 cm³/mol. The van der Waals surface area contributed by atoms with Crippen LogP contribution >= 0.6 is 0 Å². The summed E-state index contributed by atoms with van der Waals surface area (Å²) in [5, 5.41) is 10.5. The number of phenols is 1. The van der Waals surface area contributed by atoms with E-state index in [1.807, 2.05) is 13.8 Å². The summed E-state index contributed by atoms with van der Waals surface area (Å²) in [4.78, 5) is -0.445. The normalized spacial score (nSPS) is 12.1. The average molecular weight is 459 g/mol. The first kappa shape index (κ1) is 23.0. The van der Waals surface area contributed by atoms with E-state index in [1.54, 1.807) is 31.2 Å². The van der Waals surface area contributed by atoms with E-state index in [9.17, 15) is 21.9 Å². The first-order valence-corrected chi connectivity index (χ1v) is 13.2. The van der Waals surface area contributed by atoms with E-state index in [1.165, 1.54) is 30.3 Å². The Morgan fingerprint density at radius 3 is 1.42 bits per heavy atom. The van der Waals surface area contributed by atoms with Gasteiger partial charge in [-0.05, 0) is 72.4 Å². The molecule has 0 aliphatic carbocycles. The molecule has 0 saturated heterocycles. The van der Waals surface area contributed by atoms with Crippen LogP contribution in [-0.2, 0) is 38.9 Å². The third kappa shape index (κ3) is 4.38. The predicted octanol–water partition coefficient (Wildman–Crippen LogP) is 4.75. The van der Waals surface area contributed by atoms with Crippen LogP contribution in [0.2, 0.25) is 0 Å². The molecule has 0 saturated carbocycles. The summed E-state index contributed by atoms with van der Waals surface area (Å²) in [5.74, 6) is -0.461. The molecule has 1 N–H and O–H groups in total. The lowest BCUT2D eigenvalue weighted by atomic mass is 10.1. The van der Waals surface area contributed by atoms with E-state index in [-0.39, 0.29) is 14.7 Å². The van der Waals surface area contributed by atoms with Gasteiger partial charge in [-0.25, -0.2) is 16.8 Å². The Morgan fingerprint density at radius 1 is 0.613 bits per heavy atom. The summed E-state index contributed by atoms with van der Waals surface area (Å²) >= 11 is 0. The molecule has 3 rings (SSSR count). The minimum Gasteiger partial charge on any atom is -0.507 e. The minimum absolute atomic E-state index is 0.0000971.